The van der Waals surface area contributed by atoms with E-state index in [-0.39, 0.29) is 12.5 Å². The lowest BCUT2D eigenvalue weighted by molar-refractivity contribution is -0.120. The molecule has 0 bridgehead atoms. The van der Waals surface area contributed by atoms with Crippen LogP contribution in [0.25, 0.3) is 17.1 Å². The van der Waals surface area contributed by atoms with E-state index in [2.05, 4.69) is 41.6 Å². The number of hydrogen-bond donors (Lipinski definition) is 1. The number of nitrogens with one attached hydrogen (secondary N) is 1. The Kier molecular flexibility index (Phi) is 4.68. The van der Waals surface area contributed by atoms with Crippen molar-refractivity contribution in [2.75, 3.05) is 0 Å². The number of nitrogens with zero attached hydrogens (tertiary/aromatic N) is 5. The monoisotopic (exact) mass is 426 g/mol. The average molecular weight is 427 g/mol. The van der Waals surface area contributed by atoms with Gasteiger partial charge in [0.05, 0.1) is 13.0 Å². The molecule has 0 saturated heterocycles. The topological polar surface area (TPSA) is 98.2 Å². The second-order valence-electron chi connectivity index (χ2n) is 5.95. The SMILES string of the molecule is Cc1noc(-c2ccn3c(CNC(=O)Cc4ccccc4Br)nnc3c2)n1. The van der Waals surface area contributed by atoms with Gasteiger partial charge in [-0.15, -0.1) is 10.2 Å². The number of carbonyl (C=O) groups excluding carboxylic acids is 1. The van der Waals surface area contributed by atoms with E-state index in [0.29, 0.717) is 29.6 Å². The van der Waals surface area contributed by atoms with Gasteiger partial charge in [0.2, 0.25) is 5.91 Å². The third-order valence-corrected chi connectivity index (χ3v) is 4.78. The predicted molar refractivity (Wildman–Crippen MR) is 101 cm³/mol. The molecule has 3 aromatic heterocycles. The molecule has 0 aliphatic heterocycles. The molecule has 4 aromatic rings. The first kappa shape index (κ1) is 17.3. The van der Waals surface area contributed by atoms with E-state index in [4.69, 9.17) is 4.52 Å². The number of aromatic nitrogens is 5. The van der Waals surface area contributed by atoms with Crippen molar-refractivity contribution in [1.29, 1.82) is 0 Å². The first-order valence-corrected chi connectivity index (χ1v) is 9.04. The Morgan fingerprint density at radius 3 is 2.89 bits per heavy atom. The molecule has 0 aliphatic rings. The van der Waals surface area contributed by atoms with Crippen LogP contribution in [0.3, 0.4) is 0 Å². The summed E-state index contributed by atoms with van der Waals surface area (Å²) < 4.78 is 7.90. The van der Waals surface area contributed by atoms with E-state index in [1.807, 2.05) is 47.0 Å². The number of aryl methyl sites for hydroxylation is 1. The number of halogens is 1. The highest BCUT2D eigenvalue weighted by molar-refractivity contribution is 9.10. The smallest absolute Gasteiger partial charge is 0.258 e. The molecular weight excluding hydrogens is 412 g/mol. The molecule has 136 valence electrons. The van der Waals surface area contributed by atoms with Crippen molar-refractivity contribution in [3.05, 3.63) is 64.3 Å². The molecule has 0 unspecified atom stereocenters. The van der Waals surface area contributed by atoms with Crippen LogP contribution in [0.15, 0.2) is 51.6 Å². The molecule has 0 radical (unpaired) electrons. The summed E-state index contributed by atoms with van der Waals surface area (Å²) in [5, 5.41) is 15.0. The lowest BCUT2D eigenvalue weighted by atomic mass is 10.1. The number of carbonyl (C=O) groups is 1. The van der Waals surface area contributed by atoms with Gasteiger partial charge >= 0.3 is 0 Å². The normalized spacial score (nSPS) is 11.0. The fraction of sp³-hybridized carbons (Fsp3) is 0.167. The van der Waals surface area contributed by atoms with Gasteiger partial charge in [0.1, 0.15) is 0 Å². The van der Waals surface area contributed by atoms with Crippen LogP contribution >= 0.6 is 15.9 Å². The number of amides is 1. The Labute approximate surface area is 162 Å². The summed E-state index contributed by atoms with van der Waals surface area (Å²) >= 11 is 3.45. The third kappa shape index (κ3) is 3.72. The summed E-state index contributed by atoms with van der Waals surface area (Å²) in [6.45, 7) is 2.04. The van der Waals surface area contributed by atoms with Crippen LogP contribution in [-0.2, 0) is 17.8 Å². The number of rotatable bonds is 5. The highest BCUT2D eigenvalue weighted by atomic mass is 79.9. The van der Waals surface area contributed by atoms with Gasteiger partial charge in [-0.2, -0.15) is 4.98 Å². The van der Waals surface area contributed by atoms with Gasteiger partial charge in [0.15, 0.2) is 17.3 Å². The molecule has 0 fully saturated rings. The zero-order valence-corrected chi connectivity index (χ0v) is 16.0. The minimum absolute atomic E-state index is 0.0865. The van der Waals surface area contributed by atoms with Crippen LogP contribution in [0.5, 0.6) is 0 Å². The number of pyridine rings is 1. The van der Waals surface area contributed by atoms with Gasteiger partial charge in [-0.25, -0.2) is 0 Å². The summed E-state index contributed by atoms with van der Waals surface area (Å²) in [6, 6.07) is 11.3. The minimum Gasteiger partial charge on any atom is -0.348 e. The van der Waals surface area contributed by atoms with Crippen LogP contribution in [0.4, 0.5) is 0 Å². The number of hydrogen-bond acceptors (Lipinski definition) is 6. The summed E-state index contributed by atoms with van der Waals surface area (Å²) in [6.07, 6.45) is 2.11. The molecule has 27 heavy (non-hydrogen) atoms. The fourth-order valence-electron chi connectivity index (χ4n) is 2.66. The van der Waals surface area contributed by atoms with Crippen molar-refractivity contribution >= 4 is 27.5 Å². The van der Waals surface area contributed by atoms with Gasteiger partial charge in [-0.1, -0.05) is 39.3 Å². The quantitative estimate of drug-likeness (QED) is 0.526. The largest absolute Gasteiger partial charge is 0.348 e. The van der Waals surface area contributed by atoms with Gasteiger partial charge in [-0.05, 0) is 30.7 Å². The van der Waals surface area contributed by atoms with Gasteiger partial charge in [0, 0.05) is 16.2 Å². The lowest BCUT2D eigenvalue weighted by Crippen LogP contribution is -2.25. The Morgan fingerprint density at radius 2 is 2.11 bits per heavy atom. The minimum atomic E-state index is -0.0865. The molecule has 0 atom stereocenters. The summed E-state index contributed by atoms with van der Waals surface area (Å²) in [5.41, 5.74) is 2.33. The van der Waals surface area contributed by atoms with E-state index >= 15 is 0 Å². The van der Waals surface area contributed by atoms with Crippen LogP contribution in [-0.4, -0.2) is 30.6 Å². The highest BCUT2D eigenvalue weighted by Crippen LogP contribution is 2.19. The Bertz CT molecular complexity index is 1120. The zero-order valence-electron chi connectivity index (χ0n) is 14.4. The van der Waals surface area contributed by atoms with Crippen molar-refractivity contribution in [2.45, 2.75) is 19.9 Å². The van der Waals surface area contributed by atoms with E-state index in [1.165, 1.54) is 0 Å². The summed E-state index contributed by atoms with van der Waals surface area (Å²) in [5.74, 6) is 1.55. The Hall–Kier alpha value is -3.07. The average Bonchev–Trinajstić information content (AvgIpc) is 3.27. The van der Waals surface area contributed by atoms with Gasteiger partial charge in [0.25, 0.3) is 5.89 Å². The molecule has 9 heteroatoms. The first-order valence-electron chi connectivity index (χ1n) is 8.24. The van der Waals surface area contributed by atoms with Crippen LogP contribution in [0.2, 0.25) is 0 Å². The van der Waals surface area contributed by atoms with Crippen molar-refractivity contribution in [3.8, 4) is 11.5 Å². The Morgan fingerprint density at radius 1 is 1.26 bits per heavy atom. The van der Waals surface area contributed by atoms with Crippen LogP contribution in [0.1, 0.15) is 17.2 Å². The first-order chi connectivity index (χ1) is 13.1. The maximum Gasteiger partial charge on any atom is 0.258 e. The molecule has 0 aliphatic carbocycles. The predicted octanol–water partition coefficient (Wildman–Crippen LogP) is 2.71. The van der Waals surface area contributed by atoms with Crippen molar-refractivity contribution < 1.29 is 9.32 Å². The third-order valence-electron chi connectivity index (χ3n) is 4.01. The Balaban J connectivity index is 1.46. The summed E-state index contributed by atoms with van der Waals surface area (Å²) in [4.78, 5) is 16.4. The second kappa shape index (κ2) is 7.28. The molecule has 4 rings (SSSR count). The van der Waals surface area contributed by atoms with Crippen molar-refractivity contribution in [2.24, 2.45) is 0 Å². The highest BCUT2D eigenvalue weighted by Gasteiger charge is 2.12. The van der Waals surface area contributed by atoms with Crippen LogP contribution in [0, 0.1) is 6.92 Å². The lowest BCUT2D eigenvalue weighted by Gasteiger charge is -2.06. The molecule has 0 spiro atoms. The summed E-state index contributed by atoms with van der Waals surface area (Å²) in [7, 11) is 0. The van der Waals surface area contributed by atoms with E-state index in [0.717, 1.165) is 15.6 Å². The standard InChI is InChI=1S/C18H15BrN6O2/c1-11-21-18(27-24-11)13-6-7-25-15(8-13)22-23-16(25)10-20-17(26)9-12-4-2-3-5-14(12)19/h2-8H,9-10H2,1H3,(H,20,26). The van der Waals surface area contributed by atoms with Crippen molar-refractivity contribution in [3.63, 3.8) is 0 Å². The maximum atomic E-state index is 12.2. The molecule has 3 heterocycles. The molecule has 8 nitrogen and oxygen atoms in total. The molecule has 0 saturated carbocycles. The maximum absolute atomic E-state index is 12.2. The van der Waals surface area contributed by atoms with E-state index < -0.39 is 0 Å². The molecular formula is C18H15BrN6O2. The number of fused-ring (bicyclic) bond motifs is 1. The fourth-order valence-corrected chi connectivity index (χ4v) is 3.09. The molecule has 1 aromatic carbocycles. The van der Waals surface area contributed by atoms with Gasteiger partial charge in [-0.3, -0.25) is 9.20 Å². The number of benzene rings is 1. The zero-order chi connectivity index (χ0) is 18.8. The van der Waals surface area contributed by atoms with Gasteiger partial charge < -0.3 is 9.84 Å². The van der Waals surface area contributed by atoms with Crippen molar-refractivity contribution in [1.82, 2.24) is 30.1 Å². The van der Waals surface area contributed by atoms with E-state index in [9.17, 15) is 4.79 Å². The molecule has 1 N–H and O–H groups in total. The van der Waals surface area contributed by atoms with Crippen LogP contribution < -0.4 is 5.32 Å². The second-order valence-corrected chi connectivity index (χ2v) is 6.81. The van der Waals surface area contributed by atoms with E-state index in [1.54, 1.807) is 6.92 Å². The molecule has 1 amide bonds.